The van der Waals surface area contributed by atoms with Gasteiger partial charge in [0, 0.05) is 22.5 Å². The van der Waals surface area contributed by atoms with Crippen LogP contribution in [-0.4, -0.2) is 18.1 Å². The van der Waals surface area contributed by atoms with Gasteiger partial charge >= 0.3 is 0 Å². The van der Waals surface area contributed by atoms with Crippen LogP contribution in [0.4, 0.5) is 5.69 Å². The maximum absolute atomic E-state index is 13.0. The molecule has 3 N–H and O–H groups in total. The number of amides is 1. The SMILES string of the molecule is C=C(Nc1ccc(C(=O)NC(/C=C\O)=C(/C)CCCCC)cc1OC)c1ccccc1-c1ccccc1. The number of carbonyl (C=O) groups excluding carboxylic acids is 1. The van der Waals surface area contributed by atoms with Crippen molar-refractivity contribution >= 4 is 17.3 Å². The Morgan fingerprint density at radius 2 is 1.76 bits per heavy atom. The van der Waals surface area contributed by atoms with Gasteiger partial charge in [-0.05, 0) is 60.7 Å². The summed E-state index contributed by atoms with van der Waals surface area (Å²) in [5.74, 6) is 0.245. The van der Waals surface area contributed by atoms with Crippen molar-refractivity contribution in [2.24, 2.45) is 0 Å². The maximum Gasteiger partial charge on any atom is 0.255 e. The predicted octanol–water partition coefficient (Wildman–Crippen LogP) is 8.10. The predicted molar refractivity (Wildman–Crippen MR) is 154 cm³/mol. The van der Waals surface area contributed by atoms with Crippen LogP contribution in [0.15, 0.2) is 103 Å². The van der Waals surface area contributed by atoms with Gasteiger partial charge in [0.1, 0.15) is 5.75 Å². The van der Waals surface area contributed by atoms with Gasteiger partial charge in [-0.2, -0.15) is 0 Å². The van der Waals surface area contributed by atoms with Crippen LogP contribution in [-0.2, 0) is 0 Å². The first kappa shape index (κ1) is 27.3. The molecule has 0 saturated heterocycles. The molecule has 5 nitrogen and oxygen atoms in total. The average Bonchev–Trinajstić information content (AvgIpc) is 2.93. The Kier molecular flexibility index (Phi) is 10.1. The smallest absolute Gasteiger partial charge is 0.255 e. The Hall–Kier alpha value is -4.25. The number of hydrogen-bond acceptors (Lipinski definition) is 4. The number of benzene rings is 3. The molecule has 0 aliphatic heterocycles. The summed E-state index contributed by atoms with van der Waals surface area (Å²) in [6.45, 7) is 8.39. The minimum absolute atomic E-state index is 0.277. The van der Waals surface area contributed by atoms with Crippen molar-refractivity contribution in [1.82, 2.24) is 5.32 Å². The van der Waals surface area contributed by atoms with Gasteiger partial charge in [-0.15, -0.1) is 0 Å². The number of methoxy groups -OCH3 is 1. The maximum atomic E-state index is 13.0. The molecule has 0 aromatic heterocycles. The van der Waals surface area contributed by atoms with E-state index in [-0.39, 0.29) is 5.91 Å². The van der Waals surface area contributed by atoms with Crippen molar-refractivity contribution in [3.05, 3.63) is 114 Å². The number of unbranched alkanes of at least 4 members (excludes halogenated alkanes) is 2. The molecule has 3 aromatic carbocycles. The van der Waals surface area contributed by atoms with E-state index in [1.54, 1.807) is 19.2 Å². The summed E-state index contributed by atoms with van der Waals surface area (Å²) in [6.07, 6.45) is 6.59. The number of rotatable bonds is 12. The molecule has 0 fully saturated rings. The van der Waals surface area contributed by atoms with Crippen molar-refractivity contribution in [1.29, 1.82) is 0 Å². The van der Waals surface area contributed by atoms with E-state index in [9.17, 15) is 9.90 Å². The summed E-state index contributed by atoms with van der Waals surface area (Å²) >= 11 is 0. The number of aliphatic hydroxyl groups excluding tert-OH is 1. The van der Waals surface area contributed by atoms with Gasteiger partial charge in [0.15, 0.2) is 0 Å². The summed E-state index contributed by atoms with van der Waals surface area (Å²) in [4.78, 5) is 13.0. The van der Waals surface area contributed by atoms with Gasteiger partial charge in [0.05, 0.1) is 19.1 Å². The monoisotopic (exact) mass is 496 g/mol. The topological polar surface area (TPSA) is 70.6 Å². The van der Waals surface area contributed by atoms with E-state index in [1.807, 2.05) is 49.4 Å². The fraction of sp³-hybridized carbons (Fsp3) is 0.219. The first-order chi connectivity index (χ1) is 18.0. The van der Waals surface area contributed by atoms with Gasteiger partial charge < -0.3 is 20.5 Å². The highest BCUT2D eigenvalue weighted by atomic mass is 16.5. The van der Waals surface area contributed by atoms with E-state index in [2.05, 4.69) is 42.3 Å². The molecule has 192 valence electrons. The number of hydrogen-bond donors (Lipinski definition) is 3. The standard InChI is InChI=1S/C32H36N2O3/c1-5-6-8-13-23(2)29(20-21-35)34-32(36)26-18-19-30(31(22-26)37-4)33-24(3)27-16-11-12-17-28(27)25-14-9-7-10-15-25/h7,9-12,14-22,33,35H,3,5-6,8,13H2,1-2,4H3,(H,34,36)/b21-20-,29-23-. The molecule has 0 heterocycles. The molecule has 1 amide bonds. The zero-order valence-electron chi connectivity index (χ0n) is 21.9. The fourth-order valence-electron chi connectivity index (χ4n) is 4.12. The number of ether oxygens (including phenoxy) is 1. The van der Waals surface area contributed by atoms with Crippen LogP contribution in [0.2, 0.25) is 0 Å². The molecule has 0 saturated carbocycles. The number of anilines is 1. The summed E-state index contributed by atoms with van der Waals surface area (Å²) < 4.78 is 5.60. The highest BCUT2D eigenvalue weighted by Gasteiger charge is 2.14. The van der Waals surface area contributed by atoms with E-state index in [4.69, 9.17) is 4.74 Å². The molecule has 0 unspecified atom stereocenters. The van der Waals surface area contributed by atoms with Crippen LogP contribution < -0.4 is 15.4 Å². The second kappa shape index (κ2) is 13.7. The summed E-state index contributed by atoms with van der Waals surface area (Å²) in [6, 6.07) is 23.5. The first-order valence-electron chi connectivity index (χ1n) is 12.6. The molecule has 3 rings (SSSR count). The van der Waals surface area contributed by atoms with Gasteiger partial charge in [-0.3, -0.25) is 4.79 Å². The Morgan fingerprint density at radius 3 is 2.46 bits per heavy atom. The molecule has 0 radical (unpaired) electrons. The molecule has 5 heteroatoms. The lowest BCUT2D eigenvalue weighted by Crippen LogP contribution is -2.23. The second-order valence-electron chi connectivity index (χ2n) is 8.85. The minimum atomic E-state index is -0.277. The number of allylic oxidation sites excluding steroid dienone is 2. The van der Waals surface area contributed by atoms with E-state index in [1.165, 1.54) is 6.08 Å². The molecule has 3 aromatic rings. The lowest BCUT2D eigenvalue weighted by Gasteiger charge is -2.17. The average molecular weight is 497 g/mol. The Bertz CT molecular complexity index is 1280. The highest BCUT2D eigenvalue weighted by Crippen LogP contribution is 2.32. The molecule has 0 bridgehead atoms. The van der Waals surface area contributed by atoms with Crippen molar-refractivity contribution in [3.63, 3.8) is 0 Å². The summed E-state index contributed by atoms with van der Waals surface area (Å²) in [5, 5.41) is 15.6. The van der Waals surface area contributed by atoms with Crippen molar-refractivity contribution in [2.75, 3.05) is 12.4 Å². The minimum Gasteiger partial charge on any atom is -0.516 e. The third-order valence-electron chi connectivity index (χ3n) is 6.19. The Labute approximate surface area is 220 Å². The number of carbonyl (C=O) groups is 1. The fourth-order valence-corrected chi connectivity index (χ4v) is 4.12. The highest BCUT2D eigenvalue weighted by molar-refractivity contribution is 5.97. The van der Waals surface area contributed by atoms with Crippen LogP contribution in [0.5, 0.6) is 5.75 Å². The van der Waals surface area contributed by atoms with Gasteiger partial charge in [0.2, 0.25) is 0 Å². The lowest BCUT2D eigenvalue weighted by molar-refractivity contribution is 0.0966. The third kappa shape index (κ3) is 7.37. The van der Waals surface area contributed by atoms with Crippen molar-refractivity contribution < 1.29 is 14.6 Å². The molecule has 0 aliphatic carbocycles. The zero-order valence-corrected chi connectivity index (χ0v) is 21.9. The molecule has 37 heavy (non-hydrogen) atoms. The van der Waals surface area contributed by atoms with E-state index < -0.39 is 0 Å². The Balaban J connectivity index is 1.80. The molecular formula is C32H36N2O3. The van der Waals surface area contributed by atoms with Crippen molar-refractivity contribution in [2.45, 2.75) is 39.5 Å². The van der Waals surface area contributed by atoms with Gasteiger partial charge in [-0.1, -0.05) is 80.9 Å². The Morgan fingerprint density at radius 1 is 1.03 bits per heavy atom. The number of nitrogens with one attached hydrogen (secondary N) is 2. The third-order valence-corrected chi connectivity index (χ3v) is 6.19. The van der Waals surface area contributed by atoms with Gasteiger partial charge in [0.25, 0.3) is 5.91 Å². The normalized spacial score (nSPS) is 11.6. The van der Waals surface area contributed by atoms with Crippen molar-refractivity contribution in [3.8, 4) is 16.9 Å². The van der Waals surface area contributed by atoms with E-state index in [0.29, 0.717) is 22.7 Å². The zero-order chi connectivity index (χ0) is 26.6. The van der Waals surface area contributed by atoms with Gasteiger partial charge in [-0.25, -0.2) is 0 Å². The summed E-state index contributed by atoms with van der Waals surface area (Å²) in [7, 11) is 1.57. The van der Waals surface area contributed by atoms with E-state index >= 15 is 0 Å². The van der Waals surface area contributed by atoms with Crippen LogP contribution >= 0.6 is 0 Å². The molecule has 0 aliphatic rings. The van der Waals surface area contributed by atoms with Crippen LogP contribution in [0.25, 0.3) is 16.8 Å². The second-order valence-corrected chi connectivity index (χ2v) is 8.85. The first-order valence-corrected chi connectivity index (χ1v) is 12.6. The molecule has 0 atom stereocenters. The van der Waals surface area contributed by atoms with Crippen LogP contribution in [0.3, 0.4) is 0 Å². The summed E-state index contributed by atoms with van der Waals surface area (Å²) in [5.41, 5.74) is 6.64. The molecular weight excluding hydrogens is 460 g/mol. The van der Waals surface area contributed by atoms with Crippen LogP contribution in [0.1, 0.15) is 55.5 Å². The quantitative estimate of drug-likeness (QED) is 0.135. The largest absolute Gasteiger partial charge is 0.516 e. The number of aliphatic hydroxyl groups is 1. The lowest BCUT2D eigenvalue weighted by atomic mass is 9.98. The molecule has 0 spiro atoms. The van der Waals surface area contributed by atoms with E-state index in [0.717, 1.165) is 59.9 Å². The van der Waals surface area contributed by atoms with Crippen LogP contribution in [0, 0.1) is 0 Å².